The van der Waals surface area contributed by atoms with E-state index in [1.54, 1.807) is 0 Å². The van der Waals surface area contributed by atoms with E-state index in [1.807, 2.05) is 0 Å². The Bertz CT molecular complexity index is 2080. The molecule has 218 valence electrons. The Morgan fingerprint density at radius 2 is 0.609 bits per heavy atom. The number of anilines is 3. The summed E-state index contributed by atoms with van der Waals surface area (Å²) >= 11 is 0. The van der Waals surface area contributed by atoms with Crippen molar-refractivity contribution in [2.45, 2.75) is 0 Å². The van der Waals surface area contributed by atoms with Crippen molar-refractivity contribution in [1.82, 2.24) is 13.2 Å². The van der Waals surface area contributed by atoms with E-state index in [9.17, 15) is 0 Å². The fraction of sp³-hybridized carbons (Fsp3) is 0. The van der Waals surface area contributed by atoms with Crippen LogP contribution in [-0.2, 0) is 0 Å². The number of fused-ring (bicyclic) bond motifs is 3. The largest absolute Gasteiger partial charge is 0.323 e. The highest BCUT2D eigenvalue weighted by atomic mass is 15.1. The van der Waals surface area contributed by atoms with Gasteiger partial charge in [0.1, 0.15) is 0 Å². The second-order valence-electron chi connectivity index (χ2n) is 11.8. The Balaban J connectivity index is 1.09. The molecule has 0 radical (unpaired) electrons. The summed E-state index contributed by atoms with van der Waals surface area (Å²) < 4.78 is 6.50. The van der Waals surface area contributed by atoms with Gasteiger partial charge in [-0.25, -0.2) is 0 Å². The normalized spacial score (nSPS) is 11.5. The maximum atomic E-state index is 2.33. The van der Waals surface area contributed by atoms with E-state index in [2.05, 4.69) is 201 Å². The van der Waals surface area contributed by atoms with Crippen LogP contribution in [0.15, 0.2) is 183 Å². The van der Waals surface area contributed by atoms with Gasteiger partial charge in [-0.05, 0) is 108 Å². The highest BCUT2D eigenvalue weighted by Gasteiger charge is 2.15. The molecule has 0 atom stereocenters. The lowest BCUT2D eigenvalue weighted by molar-refractivity contribution is 1.20. The van der Waals surface area contributed by atoms with Crippen molar-refractivity contribution in [3.05, 3.63) is 183 Å². The van der Waals surface area contributed by atoms with E-state index in [4.69, 9.17) is 0 Å². The Labute approximate surface area is 267 Å². The molecule has 0 amide bonds. The van der Waals surface area contributed by atoms with Gasteiger partial charge in [0.25, 0.3) is 0 Å². The van der Waals surface area contributed by atoms with Gasteiger partial charge in [-0.15, -0.1) is 0 Å². The number of aromatic nitrogens is 3. The second kappa shape index (κ2) is 10.7. The minimum atomic E-state index is 1.11. The van der Waals surface area contributed by atoms with Crippen molar-refractivity contribution < 1.29 is 0 Å². The molecule has 9 rings (SSSR count). The van der Waals surface area contributed by atoms with Crippen LogP contribution < -0.4 is 4.90 Å². The molecule has 0 saturated carbocycles. The van der Waals surface area contributed by atoms with Crippen molar-refractivity contribution in [3.63, 3.8) is 0 Å². The highest BCUT2D eigenvalue weighted by Crippen LogP contribution is 2.38. The fourth-order valence-electron chi connectivity index (χ4n) is 6.50. The summed E-state index contributed by atoms with van der Waals surface area (Å²) in [7, 11) is 0. The van der Waals surface area contributed by atoms with Crippen LogP contribution in [0.2, 0.25) is 0 Å². The molecule has 6 heterocycles. The fourth-order valence-corrected chi connectivity index (χ4v) is 6.50. The van der Waals surface area contributed by atoms with Crippen LogP contribution in [0.4, 0.5) is 17.1 Å². The average Bonchev–Trinajstić information content (AvgIpc) is 3.86. The summed E-state index contributed by atoms with van der Waals surface area (Å²) in [6.45, 7) is 0. The van der Waals surface area contributed by atoms with Crippen LogP contribution in [0.1, 0.15) is 0 Å². The topological polar surface area (TPSA) is 16.5 Å². The second-order valence-corrected chi connectivity index (χ2v) is 11.8. The first-order valence-corrected chi connectivity index (χ1v) is 15.6. The third-order valence-electron chi connectivity index (χ3n) is 8.89. The van der Waals surface area contributed by atoms with E-state index in [1.165, 1.54) is 49.9 Å². The van der Waals surface area contributed by atoms with E-state index in [0.717, 1.165) is 17.1 Å². The van der Waals surface area contributed by atoms with Crippen LogP contribution in [0.3, 0.4) is 0 Å². The molecule has 3 aromatic carbocycles. The predicted molar refractivity (Wildman–Crippen MR) is 190 cm³/mol. The third kappa shape index (κ3) is 4.64. The number of hydrogen-bond donors (Lipinski definition) is 0. The van der Waals surface area contributed by atoms with Crippen LogP contribution in [-0.4, -0.2) is 13.2 Å². The molecule has 6 aromatic heterocycles. The molecular weight excluding hydrogens is 560 g/mol. The quantitative estimate of drug-likeness (QED) is 0.188. The van der Waals surface area contributed by atoms with Gasteiger partial charge in [0, 0.05) is 87.5 Å². The van der Waals surface area contributed by atoms with Gasteiger partial charge in [0.2, 0.25) is 0 Å². The van der Waals surface area contributed by atoms with Crippen molar-refractivity contribution in [1.29, 1.82) is 0 Å². The van der Waals surface area contributed by atoms with Gasteiger partial charge in [-0.3, -0.25) is 0 Å². The van der Waals surface area contributed by atoms with Crippen LogP contribution in [0.5, 0.6) is 0 Å². The molecule has 0 aliphatic carbocycles. The predicted octanol–water partition coefficient (Wildman–Crippen LogP) is 10.9. The van der Waals surface area contributed by atoms with E-state index >= 15 is 0 Å². The minimum Gasteiger partial charge on any atom is -0.323 e. The summed E-state index contributed by atoms with van der Waals surface area (Å²) in [6, 6.07) is 52.2. The molecule has 0 spiro atoms. The lowest BCUT2D eigenvalue weighted by atomic mass is 10.0. The maximum Gasteiger partial charge on any atom is 0.0462 e. The molecule has 46 heavy (non-hydrogen) atoms. The summed E-state index contributed by atoms with van der Waals surface area (Å²) in [5.41, 5.74) is 14.1. The summed E-state index contributed by atoms with van der Waals surface area (Å²) in [5.74, 6) is 0. The summed E-state index contributed by atoms with van der Waals surface area (Å²) in [6.07, 6.45) is 12.9. The zero-order valence-electron chi connectivity index (χ0n) is 25.1. The first-order chi connectivity index (χ1) is 22.7. The molecule has 0 unspecified atom stereocenters. The Kier molecular flexibility index (Phi) is 6.10. The Morgan fingerprint density at radius 1 is 0.304 bits per heavy atom. The van der Waals surface area contributed by atoms with Crippen LogP contribution in [0.25, 0.3) is 49.9 Å². The van der Waals surface area contributed by atoms with Crippen molar-refractivity contribution in [2.24, 2.45) is 0 Å². The van der Waals surface area contributed by atoms with Gasteiger partial charge < -0.3 is 18.1 Å². The van der Waals surface area contributed by atoms with E-state index in [-0.39, 0.29) is 0 Å². The molecule has 0 fully saturated rings. The zero-order valence-corrected chi connectivity index (χ0v) is 25.1. The molecule has 4 heteroatoms. The minimum absolute atomic E-state index is 1.11. The maximum absolute atomic E-state index is 2.33. The average molecular weight is 591 g/mol. The van der Waals surface area contributed by atoms with E-state index in [0.29, 0.717) is 0 Å². The summed E-state index contributed by atoms with van der Waals surface area (Å²) in [5, 5.41) is 0. The molecule has 4 nitrogen and oxygen atoms in total. The van der Waals surface area contributed by atoms with Crippen LogP contribution >= 0.6 is 0 Å². The SMILES string of the molecule is c1ccn2cc(-c3ccc(N(c4ccc(-c5cc6ccccn6c5)cc4)c4ccc(-c5cc6ccccn6c5)cc4)cc3)cc2c1. The molecule has 0 aliphatic rings. The lowest BCUT2D eigenvalue weighted by Gasteiger charge is -2.26. The highest BCUT2D eigenvalue weighted by molar-refractivity contribution is 5.82. The zero-order chi connectivity index (χ0) is 30.5. The smallest absolute Gasteiger partial charge is 0.0462 e. The third-order valence-corrected chi connectivity index (χ3v) is 8.89. The first kappa shape index (κ1) is 26.2. The molecule has 0 aliphatic heterocycles. The molecule has 0 bridgehead atoms. The molecule has 0 saturated heterocycles. The van der Waals surface area contributed by atoms with Gasteiger partial charge in [0.15, 0.2) is 0 Å². The number of pyridine rings is 3. The lowest BCUT2D eigenvalue weighted by Crippen LogP contribution is -2.09. The van der Waals surface area contributed by atoms with Gasteiger partial charge in [-0.2, -0.15) is 0 Å². The van der Waals surface area contributed by atoms with Crippen molar-refractivity contribution in [3.8, 4) is 33.4 Å². The number of rotatable bonds is 6. The summed E-state index contributed by atoms with van der Waals surface area (Å²) in [4.78, 5) is 2.33. The molecular formula is C42H30N4. The number of nitrogens with zero attached hydrogens (tertiary/aromatic N) is 4. The van der Waals surface area contributed by atoms with Crippen LogP contribution in [0, 0.1) is 0 Å². The molecule has 0 N–H and O–H groups in total. The van der Waals surface area contributed by atoms with Crippen molar-refractivity contribution in [2.75, 3.05) is 4.90 Å². The first-order valence-electron chi connectivity index (χ1n) is 15.6. The van der Waals surface area contributed by atoms with Gasteiger partial charge in [0.05, 0.1) is 0 Å². The Morgan fingerprint density at radius 3 is 0.891 bits per heavy atom. The number of benzene rings is 3. The van der Waals surface area contributed by atoms with Gasteiger partial charge in [-0.1, -0.05) is 54.6 Å². The standard InChI is InChI=1S/C42H30N4/c1-4-22-43-28-34(25-40(43)7-1)31-10-16-37(17-11-31)46(38-18-12-32(13-19-38)35-26-41-8-2-5-23-44(41)29-35)39-20-14-33(15-21-39)36-27-42-9-3-6-24-45(42)30-36/h1-30H. The monoisotopic (exact) mass is 590 g/mol. The van der Waals surface area contributed by atoms with Gasteiger partial charge >= 0.3 is 0 Å². The molecule has 9 aromatic rings. The van der Waals surface area contributed by atoms with Crippen molar-refractivity contribution >= 4 is 33.6 Å². The number of hydrogen-bond acceptors (Lipinski definition) is 1. The van der Waals surface area contributed by atoms with E-state index < -0.39 is 0 Å². The Hall–Kier alpha value is -6.26.